The Kier molecular flexibility index (Phi) is 39.4. The van der Waals surface area contributed by atoms with Crippen LogP contribution in [0, 0.1) is 0 Å². The Hall–Kier alpha value is -1.93. The van der Waals surface area contributed by atoms with Gasteiger partial charge in [0.25, 0.3) is 0 Å². The lowest BCUT2D eigenvalue weighted by Gasteiger charge is -2.31. The maximum absolute atomic E-state index is 12.7. The summed E-state index contributed by atoms with van der Waals surface area (Å²) in [7, 11) is 5.54. The average Bonchev–Trinajstić information content (AvgIpc) is 3.17. The largest absolute Gasteiger partial charge is 0.477 e. The second-order valence-electron chi connectivity index (χ2n) is 17.7. The van der Waals surface area contributed by atoms with E-state index in [0.29, 0.717) is 19.3 Å². The second-order valence-corrected chi connectivity index (χ2v) is 17.7. The van der Waals surface area contributed by atoms with Crippen molar-refractivity contribution in [2.24, 2.45) is 0 Å². The van der Waals surface area contributed by atoms with E-state index >= 15 is 0 Å². The van der Waals surface area contributed by atoms with Crippen LogP contribution in [0.2, 0.25) is 0 Å². The van der Waals surface area contributed by atoms with Crippen molar-refractivity contribution in [3.63, 3.8) is 0 Å². The van der Waals surface area contributed by atoms with Crippen molar-refractivity contribution in [1.82, 2.24) is 0 Å². The zero-order valence-corrected chi connectivity index (χ0v) is 38.3. The van der Waals surface area contributed by atoms with E-state index in [1.165, 1.54) is 148 Å². The minimum atomic E-state index is -0.873. The number of carbonyl (C=O) groups is 3. The van der Waals surface area contributed by atoms with Gasteiger partial charge < -0.3 is 23.8 Å². The normalized spacial score (nSPS) is 12.9. The first kappa shape index (κ1) is 55.1. The number of carbonyl (C=O) groups excluding carboxylic acids is 2. The topological polar surface area (TPSA) is 99.1 Å². The molecule has 0 aromatic rings. The molecule has 57 heavy (non-hydrogen) atoms. The molecule has 0 spiro atoms. The van der Waals surface area contributed by atoms with Gasteiger partial charge in [0.2, 0.25) is 0 Å². The van der Waals surface area contributed by atoms with Gasteiger partial charge in [-0.1, -0.05) is 187 Å². The molecule has 0 rings (SSSR count). The van der Waals surface area contributed by atoms with E-state index in [0.717, 1.165) is 51.4 Å². The molecule has 8 heteroatoms. The average molecular weight is 809 g/mol. The molecule has 0 bridgehead atoms. The Bertz CT molecular complexity index is 947. The van der Waals surface area contributed by atoms with Crippen LogP contribution >= 0.6 is 0 Å². The number of hydrogen-bond acceptors (Lipinski definition) is 6. The van der Waals surface area contributed by atoms with Crippen molar-refractivity contribution in [1.29, 1.82) is 0 Å². The number of unbranched alkanes of at least 4 members (excludes halogenated alkanes) is 28. The third-order valence-electron chi connectivity index (χ3n) is 11.2. The number of hydrogen-bond donors (Lipinski definition) is 1. The van der Waals surface area contributed by atoms with Crippen LogP contribution in [-0.2, 0) is 28.6 Å². The quantitative estimate of drug-likeness (QED) is 0.0283. The third-order valence-corrected chi connectivity index (χ3v) is 11.2. The van der Waals surface area contributed by atoms with Gasteiger partial charge in [-0.2, -0.15) is 0 Å². The van der Waals surface area contributed by atoms with E-state index in [9.17, 15) is 19.5 Å². The molecule has 2 unspecified atom stereocenters. The van der Waals surface area contributed by atoms with Gasteiger partial charge in [-0.3, -0.25) is 9.59 Å². The van der Waals surface area contributed by atoms with E-state index in [1.54, 1.807) is 0 Å². The van der Waals surface area contributed by atoms with E-state index in [-0.39, 0.29) is 36.2 Å². The van der Waals surface area contributed by atoms with Crippen molar-refractivity contribution >= 4 is 17.9 Å². The monoisotopic (exact) mass is 809 g/mol. The Labute approximate surface area is 352 Å². The molecular weight excluding hydrogens is 715 g/mol. The van der Waals surface area contributed by atoms with Crippen molar-refractivity contribution in [3.05, 3.63) is 12.2 Å². The fourth-order valence-corrected chi connectivity index (χ4v) is 7.38. The van der Waals surface area contributed by atoms with E-state index in [2.05, 4.69) is 26.0 Å². The van der Waals surface area contributed by atoms with Crippen LogP contribution in [0.15, 0.2) is 12.2 Å². The van der Waals surface area contributed by atoms with Crippen molar-refractivity contribution in [2.45, 2.75) is 244 Å². The first-order chi connectivity index (χ1) is 27.6. The van der Waals surface area contributed by atoms with Gasteiger partial charge in [-0.05, 0) is 38.5 Å². The summed E-state index contributed by atoms with van der Waals surface area (Å²) in [6.07, 6.45) is 44.0. The lowest BCUT2D eigenvalue weighted by molar-refractivity contribution is -0.887. The van der Waals surface area contributed by atoms with E-state index < -0.39 is 18.1 Å². The predicted molar refractivity (Wildman–Crippen MR) is 239 cm³/mol. The van der Waals surface area contributed by atoms with Gasteiger partial charge in [0.1, 0.15) is 6.61 Å². The van der Waals surface area contributed by atoms with Crippen LogP contribution in [0.5, 0.6) is 0 Å². The molecule has 0 amide bonds. The summed E-state index contributed by atoms with van der Waals surface area (Å²) in [5, 5.41) is 9.63. The number of carboxylic acid groups (broad SMARTS) is 1. The molecule has 0 aromatic heterocycles. The molecule has 0 saturated heterocycles. The molecule has 1 N–H and O–H groups in total. The van der Waals surface area contributed by atoms with Crippen LogP contribution < -0.4 is 0 Å². The smallest absolute Gasteiger partial charge is 0.362 e. The number of ether oxygens (including phenoxy) is 3. The first-order valence-corrected chi connectivity index (χ1v) is 24.2. The van der Waals surface area contributed by atoms with Crippen molar-refractivity contribution in [2.75, 3.05) is 41.0 Å². The maximum atomic E-state index is 12.7. The minimum absolute atomic E-state index is 0.0480. The van der Waals surface area contributed by atoms with Gasteiger partial charge >= 0.3 is 17.9 Å². The summed E-state index contributed by atoms with van der Waals surface area (Å²) < 4.78 is 17.3. The molecule has 0 radical (unpaired) electrons. The predicted octanol–water partition coefficient (Wildman–Crippen LogP) is 13.5. The number of carboxylic acids is 1. The second kappa shape index (κ2) is 40.8. The van der Waals surface area contributed by atoms with Crippen LogP contribution in [0.1, 0.15) is 232 Å². The lowest BCUT2D eigenvalue weighted by Crippen LogP contribution is -2.50. The minimum Gasteiger partial charge on any atom is -0.477 e. The molecule has 2 atom stereocenters. The Morgan fingerprint density at radius 3 is 1.26 bits per heavy atom. The first-order valence-electron chi connectivity index (χ1n) is 24.2. The number of esters is 2. The Morgan fingerprint density at radius 2 is 0.877 bits per heavy atom. The summed E-state index contributed by atoms with van der Waals surface area (Å²) in [5.41, 5.74) is 0. The summed E-state index contributed by atoms with van der Waals surface area (Å²) >= 11 is 0. The highest BCUT2D eigenvalue weighted by atomic mass is 16.6. The number of aliphatic carboxylic acids is 1. The van der Waals surface area contributed by atoms with Crippen molar-refractivity contribution in [3.8, 4) is 0 Å². The number of nitrogens with zero attached hydrogens (tertiary/aromatic N) is 1. The highest BCUT2D eigenvalue weighted by molar-refractivity contribution is 5.72. The molecule has 0 saturated carbocycles. The highest BCUT2D eigenvalue weighted by Crippen LogP contribution is 2.16. The summed E-state index contributed by atoms with van der Waals surface area (Å²) in [4.78, 5) is 37.0. The summed E-state index contributed by atoms with van der Waals surface area (Å²) in [6.45, 7) is 4.76. The SMILES string of the molecule is CCCCCCC/C=C\CCCCCCCC(=O)OC(COCCC(C(=O)O)[N+](C)(C)C)COC(=O)CCCCCCCCCCCCCCCCCCCCC. The van der Waals surface area contributed by atoms with Crippen LogP contribution in [0.4, 0.5) is 0 Å². The lowest BCUT2D eigenvalue weighted by atomic mass is 10.0. The van der Waals surface area contributed by atoms with Crippen LogP contribution in [0.25, 0.3) is 0 Å². The van der Waals surface area contributed by atoms with Crippen molar-refractivity contribution < 1.29 is 38.2 Å². The molecule has 0 fully saturated rings. The molecule has 0 heterocycles. The highest BCUT2D eigenvalue weighted by Gasteiger charge is 2.31. The molecule has 336 valence electrons. The van der Waals surface area contributed by atoms with Gasteiger partial charge in [0, 0.05) is 19.3 Å². The zero-order chi connectivity index (χ0) is 42.1. The van der Waals surface area contributed by atoms with Gasteiger partial charge in [0.05, 0.1) is 34.4 Å². The molecule has 0 aliphatic rings. The third kappa shape index (κ3) is 39.3. The summed E-state index contributed by atoms with van der Waals surface area (Å²) in [6, 6.07) is -0.612. The molecule has 8 nitrogen and oxygen atoms in total. The zero-order valence-electron chi connectivity index (χ0n) is 38.3. The molecular formula is C49H94NO7+. The Balaban J connectivity index is 4.23. The molecule has 0 aliphatic carbocycles. The molecule has 0 aliphatic heterocycles. The van der Waals surface area contributed by atoms with E-state index in [4.69, 9.17) is 14.2 Å². The fraction of sp³-hybridized carbons (Fsp3) is 0.898. The Morgan fingerprint density at radius 1 is 0.509 bits per heavy atom. The number of rotatable bonds is 44. The van der Waals surface area contributed by atoms with Gasteiger partial charge in [-0.15, -0.1) is 0 Å². The van der Waals surface area contributed by atoms with Gasteiger partial charge in [0.15, 0.2) is 12.1 Å². The van der Waals surface area contributed by atoms with Crippen LogP contribution in [0.3, 0.4) is 0 Å². The fourth-order valence-electron chi connectivity index (χ4n) is 7.38. The standard InChI is InChI=1S/C49H93NO7/c1-6-8-10-12-14-16-18-20-22-23-24-25-26-28-29-31-33-35-37-39-47(51)56-44-45(43-55-42-41-46(49(53)54)50(3,4)5)57-48(52)40-38-36-34-32-30-27-21-19-17-15-13-11-9-7-2/h19,21,45-46H,6-18,20,22-44H2,1-5H3/p+1/b21-19-. The van der Waals surface area contributed by atoms with Crippen LogP contribution in [-0.4, -0.2) is 80.6 Å². The number of likely N-dealkylation sites (N-methyl/N-ethyl adjacent to an activating group) is 1. The van der Waals surface area contributed by atoms with E-state index in [1.807, 2.05) is 21.1 Å². The summed E-state index contributed by atoms with van der Waals surface area (Å²) in [5.74, 6) is -1.46. The molecule has 0 aromatic carbocycles. The van der Waals surface area contributed by atoms with Gasteiger partial charge in [-0.25, -0.2) is 4.79 Å². The maximum Gasteiger partial charge on any atom is 0.362 e. The number of quaternary nitrogens is 1. The number of allylic oxidation sites excluding steroid dienone is 2.